The molecule has 8 nitrogen and oxygen atoms in total. The van der Waals surface area contributed by atoms with Gasteiger partial charge in [0.2, 0.25) is 0 Å². The number of non-ortho nitro benzene ring substituents is 1. The van der Waals surface area contributed by atoms with Crippen molar-refractivity contribution in [3.8, 4) is 5.69 Å². The van der Waals surface area contributed by atoms with Crippen molar-refractivity contribution in [2.45, 2.75) is 38.6 Å². The van der Waals surface area contributed by atoms with E-state index in [2.05, 4.69) is 15.6 Å². The minimum atomic E-state index is -0.452. The number of nitrogens with one attached hydrogen (secondary N) is 1. The van der Waals surface area contributed by atoms with Crippen molar-refractivity contribution in [1.82, 2.24) is 20.3 Å². The van der Waals surface area contributed by atoms with Crippen LogP contribution >= 0.6 is 0 Å². The number of nitro benzene ring substituents is 1. The molecule has 0 atom stereocenters. The summed E-state index contributed by atoms with van der Waals surface area (Å²) in [6, 6.07) is 6.29. The van der Waals surface area contributed by atoms with Crippen LogP contribution in [0.4, 0.5) is 5.69 Å². The van der Waals surface area contributed by atoms with Gasteiger partial charge in [-0.2, -0.15) is 0 Å². The van der Waals surface area contributed by atoms with Crippen LogP contribution in [0.25, 0.3) is 5.69 Å². The molecule has 0 radical (unpaired) electrons. The van der Waals surface area contributed by atoms with Gasteiger partial charge in [0.05, 0.1) is 16.3 Å². The van der Waals surface area contributed by atoms with Crippen LogP contribution in [0.1, 0.15) is 42.4 Å². The fourth-order valence-electron chi connectivity index (χ4n) is 2.34. The lowest BCUT2D eigenvalue weighted by Crippen LogP contribution is -2.27. The maximum Gasteiger partial charge on any atom is 0.273 e. The summed E-state index contributed by atoms with van der Waals surface area (Å²) < 4.78 is 1.58. The van der Waals surface area contributed by atoms with E-state index in [1.54, 1.807) is 16.8 Å². The van der Waals surface area contributed by atoms with Crippen LogP contribution in [0.3, 0.4) is 0 Å². The van der Waals surface area contributed by atoms with Gasteiger partial charge in [0.25, 0.3) is 11.6 Å². The van der Waals surface area contributed by atoms with Gasteiger partial charge in [-0.25, -0.2) is 4.68 Å². The van der Waals surface area contributed by atoms with Gasteiger partial charge < -0.3 is 5.32 Å². The van der Waals surface area contributed by atoms with E-state index in [0.29, 0.717) is 17.8 Å². The van der Waals surface area contributed by atoms with Gasteiger partial charge in [0, 0.05) is 18.2 Å². The maximum absolute atomic E-state index is 12.3. The number of hydrogen-bond donors (Lipinski definition) is 1. The summed E-state index contributed by atoms with van der Waals surface area (Å²) in [5, 5.41) is 21.7. The van der Waals surface area contributed by atoms with E-state index in [1.807, 2.05) is 6.92 Å². The Morgan fingerprint density at radius 2 is 2.09 bits per heavy atom. The smallest absolute Gasteiger partial charge is 0.273 e. The molecule has 0 spiro atoms. The molecule has 1 aromatic carbocycles. The van der Waals surface area contributed by atoms with E-state index >= 15 is 0 Å². The molecule has 23 heavy (non-hydrogen) atoms. The molecule has 0 saturated heterocycles. The SMILES string of the molecule is CCCc1c(C(=O)NC2CC2)nnn1-c1ccc([N+](=O)[O-])cc1. The first kappa shape index (κ1) is 15.1. The Labute approximate surface area is 132 Å². The van der Waals surface area contributed by atoms with E-state index in [9.17, 15) is 14.9 Å². The Kier molecular flexibility index (Phi) is 4.05. The quantitative estimate of drug-likeness (QED) is 0.649. The first-order valence-electron chi connectivity index (χ1n) is 7.60. The molecule has 1 heterocycles. The fourth-order valence-corrected chi connectivity index (χ4v) is 2.34. The third-order valence-electron chi connectivity index (χ3n) is 3.68. The number of nitrogens with zero attached hydrogens (tertiary/aromatic N) is 4. The van der Waals surface area contributed by atoms with Crippen LogP contribution in [0.2, 0.25) is 0 Å². The number of amides is 1. The van der Waals surface area contributed by atoms with Gasteiger partial charge in [-0.05, 0) is 31.4 Å². The van der Waals surface area contributed by atoms with Crippen LogP contribution in [0.5, 0.6) is 0 Å². The molecule has 3 rings (SSSR count). The van der Waals surface area contributed by atoms with Gasteiger partial charge >= 0.3 is 0 Å². The molecule has 2 aromatic rings. The molecule has 1 aliphatic rings. The second-order valence-corrected chi connectivity index (χ2v) is 5.57. The van der Waals surface area contributed by atoms with Gasteiger partial charge in [-0.1, -0.05) is 18.6 Å². The number of carbonyl (C=O) groups excluding carboxylic acids is 1. The number of carbonyl (C=O) groups is 1. The van der Waals surface area contributed by atoms with Gasteiger partial charge in [0.15, 0.2) is 5.69 Å². The van der Waals surface area contributed by atoms with Crippen LogP contribution in [0.15, 0.2) is 24.3 Å². The molecule has 120 valence electrons. The lowest BCUT2D eigenvalue weighted by Gasteiger charge is -2.07. The average molecular weight is 315 g/mol. The monoisotopic (exact) mass is 315 g/mol. The molecule has 1 aromatic heterocycles. The Morgan fingerprint density at radius 3 is 2.65 bits per heavy atom. The third kappa shape index (κ3) is 3.20. The molecule has 1 amide bonds. The van der Waals surface area contributed by atoms with Gasteiger partial charge in [0.1, 0.15) is 0 Å². The third-order valence-corrected chi connectivity index (χ3v) is 3.68. The van der Waals surface area contributed by atoms with Crippen molar-refractivity contribution < 1.29 is 9.72 Å². The van der Waals surface area contributed by atoms with Crippen LogP contribution in [-0.2, 0) is 6.42 Å². The van der Waals surface area contributed by atoms with Crippen LogP contribution in [0, 0.1) is 10.1 Å². The summed E-state index contributed by atoms with van der Waals surface area (Å²) in [4.78, 5) is 22.5. The van der Waals surface area contributed by atoms with Crippen LogP contribution in [-0.4, -0.2) is 31.9 Å². The molecule has 1 fully saturated rings. The minimum absolute atomic E-state index is 0.0117. The summed E-state index contributed by atoms with van der Waals surface area (Å²) in [5.41, 5.74) is 1.71. The normalized spacial score (nSPS) is 13.8. The summed E-state index contributed by atoms with van der Waals surface area (Å²) >= 11 is 0. The Hall–Kier alpha value is -2.77. The van der Waals surface area contributed by atoms with Gasteiger partial charge in [-0.15, -0.1) is 5.10 Å². The highest BCUT2D eigenvalue weighted by Crippen LogP contribution is 2.21. The molecular weight excluding hydrogens is 298 g/mol. The number of rotatable bonds is 6. The van der Waals surface area contributed by atoms with Crippen molar-refractivity contribution >= 4 is 11.6 Å². The fraction of sp³-hybridized carbons (Fsp3) is 0.400. The number of aromatic nitrogens is 3. The first-order chi connectivity index (χ1) is 11.1. The minimum Gasteiger partial charge on any atom is -0.348 e. The molecule has 1 N–H and O–H groups in total. The predicted molar refractivity (Wildman–Crippen MR) is 82.5 cm³/mol. The molecular formula is C15H17N5O3. The van der Waals surface area contributed by atoms with Crippen molar-refractivity contribution in [2.75, 3.05) is 0 Å². The number of hydrogen-bond acceptors (Lipinski definition) is 5. The standard InChI is InChI=1S/C15H17N5O3/c1-2-3-13-14(15(21)16-10-4-5-10)17-18-19(13)11-6-8-12(9-7-11)20(22)23/h6-10H,2-5H2,1H3,(H,16,21). The maximum atomic E-state index is 12.3. The summed E-state index contributed by atoms with van der Waals surface area (Å²) in [7, 11) is 0. The van der Waals surface area contributed by atoms with E-state index in [1.165, 1.54) is 12.1 Å². The second-order valence-electron chi connectivity index (χ2n) is 5.57. The van der Waals surface area contributed by atoms with E-state index in [4.69, 9.17) is 0 Å². The molecule has 0 unspecified atom stereocenters. The Balaban J connectivity index is 1.92. The number of benzene rings is 1. The molecule has 0 aliphatic heterocycles. The Bertz CT molecular complexity index is 734. The van der Waals surface area contributed by atoms with Crippen molar-refractivity contribution in [3.63, 3.8) is 0 Å². The highest BCUT2D eigenvalue weighted by molar-refractivity contribution is 5.93. The first-order valence-corrected chi connectivity index (χ1v) is 7.60. The zero-order valence-corrected chi connectivity index (χ0v) is 12.7. The Morgan fingerprint density at radius 1 is 1.39 bits per heavy atom. The van der Waals surface area contributed by atoms with Crippen molar-refractivity contribution in [3.05, 3.63) is 45.8 Å². The molecule has 1 aliphatic carbocycles. The predicted octanol–water partition coefficient (Wildman–Crippen LogP) is 2.02. The van der Waals surface area contributed by atoms with E-state index < -0.39 is 4.92 Å². The van der Waals surface area contributed by atoms with Crippen molar-refractivity contribution in [1.29, 1.82) is 0 Å². The summed E-state index contributed by atoms with van der Waals surface area (Å²) in [6.07, 6.45) is 3.50. The zero-order chi connectivity index (χ0) is 16.4. The topological polar surface area (TPSA) is 103 Å². The lowest BCUT2D eigenvalue weighted by atomic mass is 10.2. The largest absolute Gasteiger partial charge is 0.348 e. The van der Waals surface area contributed by atoms with Crippen LogP contribution < -0.4 is 5.32 Å². The van der Waals surface area contributed by atoms with Gasteiger partial charge in [-0.3, -0.25) is 14.9 Å². The van der Waals surface area contributed by atoms with Crippen molar-refractivity contribution in [2.24, 2.45) is 0 Å². The lowest BCUT2D eigenvalue weighted by molar-refractivity contribution is -0.384. The number of nitro groups is 1. The average Bonchev–Trinajstić information content (AvgIpc) is 3.25. The highest BCUT2D eigenvalue weighted by atomic mass is 16.6. The van der Waals surface area contributed by atoms with E-state index in [-0.39, 0.29) is 17.6 Å². The molecule has 1 saturated carbocycles. The molecule has 0 bridgehead atoms. The molecule has 8 heteroatoms. The summed E-state index contributed by atoms with van der Waals surface area (Å²) in [6.45, 7) is 2.01. The zero-order valence-electron chi connectivity index (χ0n) is 12.7. The highest BCUT2D eigenvalue weighted by Gasteiger charge is 2.27. The van der Waals surface area contributed by atoms with E-state index in [0.717, 1.165) is 25.0 Å². The summed E-state index contributed by atoms with van der Waals surface area (Å²) in [5.74, 6) is -0.205. The second kappa shape index (κ2) is 6.15.